The van der Waals surface area contributed by atoms with Crippen LogP contribution in [-0.2, 0) is 10.0 Å². The van der Waals surface area contributed by atoms with Gasteiger partial charge in [0.1, 0.15) is 10.0 Å². The fourth-order valence-corrected chi connectivity index (χ4v) is 4.57. The van der Waals surface area contributed by atoms with Crippen LogP contribution in [0.3, 0.4) is 0 Å². The van der Waals surface area contributed by atoms with E-state index in [9.17, 15) is 12.8 Å². The number of anilines is 1. The number of aryl methyl sites for hydroxylation is 1. The minimum Gasteiger partial charge on any atom is -0.355 e. The Morgan fingerprint density at radius 3 is 2.62 bits per heavy atom. The number of aromatic nitrogens is 1. The molecule has 0 amide bonds. The Morgan fingerprint density at radius 2 is 2.00 bits per heavy atom. The van der Waals surface area contributed by atoms with Crippen molar-refractivity contribution >= 4 is 38.6 Å². The average molecular weight is 387 g/mol. The van der Waals surface area contributed by atoms with E-state index >= 15 is 0 Å². The van der Waals surface area contributed by atoms with Crippen molar-refractivity contribution in [1.82, 2.24) is 5.16 Å². The van der Waals surface area contributed by atoms with Crippen molar-refractivity contribution in [3.63, 3.8) is 0 Å². The van der Waals surface area contributed by atoms with E-state index in [1.165, 1.54) is 18.2 Å². The standard InChI is InChI=1S/C15H12ClFN2O3S2/c1-8-9(2)18-22-15(8)13-5-6-14(23-13)24(20,21)19-10-3-4-12(17)11(16)7-10/h3-7,19H,1-2H3. The van der Waals surface area contributed by atoms with Gasteiger partial charge in [-0.3, -0.25) is 4.72 Å². The lowest BCUT2D eigenvalue weighted by molar-refractivity contribution is 0.427. The summed E-state index contributed by atoms with van der Waals surface area (Å²) in [5, 5.41) is 3.71. The smallest absolute Gasteiger partial charge is 0.271 e. The summed E-state index contributed by atoms with van der Waals surface area (Å²) in [5.41, 5.74) is 1.80. The first-order valence-corrected chi connectivity index (χ1v) is 9.46. The van der Waals surface area contributed by atoms with Gasteiger partial charge >= 0.3 is 0 Å². The molecule has 24 heavy (non-hydrogen) atoms. The van der Waals surface area contributed by atoms with Gasteiger partial charge in [-0.05, 0) is 44.2 Å². The van der Waals surface area contributed by atoms with E-state index in [4.69, 9.17) is 16.1 Å². The maximum absolute atomic E-state index is 13.2. The molecule has 0 bridgehead atoms. The summed E-state index contributed by atoms with van der Waals surface area (Å²) >= 11 is 6.72. The van der Waals surface area contributed by atoms with Crippen LogP contribution < -0.4 is 4.72 Å². The third-order valence-corrected chi connectivity index (χ3v) is 6.65. The van der Waals surface area contributed by atoms with E-state index in [2.05, 4.69) is 9.88 Å². The average Bonchev–Trinajstić information content (AvgIpc) is 3.12. The van der Waals surface area contributed by atoms with Gasteiger partial charge in [-0.2, -0.15) is 0 Å². The lowest BCUT2D eigenvalue weighted by Gasteiger charge is -2.06. The van der Waals surface area contributed by atoms with Gasteiger partial charge < -0.3 is 4.52 Å². The first kappa shape index (κ1) is 16.9. The number of benzene rings is 1. The van der Waals surface area contributed by atoms with Crippen molar-refractivity contribution < 1.29 is 17.3 Å². The van der Waals surface area contributed by atoms with Crippen LogP contribution in [0.4, 0.5) is 10.1 Å². The highest BCUT2D eigenvalue weighted by Crippen LogP contribution is 2.34. The topological polar surface area (TPSA) is 72.2 Å². The summed E-state index contributed by atoms with van der Waals surface area (Å²) in [6, 6.07) is 6.75. The van der Waals surface area contributed by atoms with Crippen molar-refractivity contribution in [1.29, 1.82) is 0 Å². The summed E-state index contributed by atoms with van der Waals surface area (Å²) in [6.45, 7) is 3.67. The maximum atomic E-state index is 13.2. The molecule has 126 valence electrons. The second-order valence-corrected chi connectivity index (χ2v) is 8.48. The van der Waals surface area contributed by atoms with E-state index in [0.29, 0.717) is 10.6 Å². The Kier molecular flexibility index (Phi) is 4.37. The van der Waals surface area contributed by atoms with Gasteiger partial charge in [0.15, 0.2) is 5.76 Å². The van der Waals surface area contributed by atoms with Gasteiger partial charge in [0, 0.05) is 5.56 Å². The van der Waals surface area contributed by atoms with E-state index in [-0.39, 0.29) is 14.9 Å². The van der Waals surface area contributed by atoms with Crippen LogP contribution in [0.5, 0.6) is 0 Å². The lowest BCUT2D eigenvalue weighted by Crippen LogP contribution is -2.11. The molecule has 2 aromatic heterocycles. The van der Waals surface area contributed by atoms with E-state index in [1.807, 2.05) is 13.8 Å². The van der Waals surface area contributed by atoms with Crippen LogP contribution in [0, 0.1) is 19.7 Å². The molecule has 0 aliphatic carbocycles. The highest BCUT2D eigenvalue weighted by molar-refractivity contribution is 7.94. The molecule has 1 N–H and O–H groups in total. The SMILES string of the molecule is Cc1noc(-c2ccc(S(=O)(=O)Nc3ccc(F)c(Cl)c3)s2)c1C. The Labute approximate surface area is 147 Å². The minimum absolute atomic E-state index is 0.103. The van der Waals surface area contributed by atoms with Gasteiger partial charge in [-0.25, -0.2) is 12.8 Å². The van der Waals surface area contributed by atoms with Crippen molar-refractivity contribution in [3.05, 3.63) is 52.4 Å². The second kappa shape index (κ2) is 6.19. The lowest BCUT2D eigenvalue weighted by atomic mass is 10.2. The maximum Gasteiger partial charge on any atom is 0.271 e. The molecule has 0 aliphatic rings. The van der Waals surface area contributed by atoms with Crippen molar-refractivity contribution in [2.24, 2.45) is 0 Å². The number of halogens is 2. The summed E-state index contributed by atoms with van der Waals surface area (Å²) in [4.78, 5) is 0.658. The van der Waals surface area contributed by atoms with E-state index in [1.54, 1.807) is 6.07 Å². The number of rotatable bonds is 4. The van der Waals surface area contributed by atoms with E-state index < -0.39 is 15.8 Å². The number of nitrogens with zero attached hydrogens (tertiary/aromatic N) is 1. The molecular weight excluding hydrogens is 375 g/mol. The normalized spacial score (nSPS) is 11.7. The molecule has 0 unspecified atom stereocenters. The number of sulfonamides is 1. The van der Waals surface area contributed by atoms with Crippen LogP contribution in [-0.4, -0.2) is 13.6 Å². The molecule has 9 heteroatoms. The summed E-state index contributed by atoms with van der Waals surface area (Å²) in [5.74, 6) is -0.0713. The Hall–Kier alpha value is -1.90. The van der Waals surface area contributed by atoms with Crippen molar-refractivity contribution in [2.75, 3.05) is 4.72 Å². The minimum atomic E-state index is -3.81. The predicted octanol–water partition coefficient (Wildman–Crippen LogP) is 4.61. The van der Waals surface area contributed by atoms with Gasteiger partial charge in [0.05, 0.1) is 21.3 Å². The summed E-state index contributed by atoms with van der Waals surface area (Å²) < 4.78 is 45.8. The van der Waals surface area contributed by atoms with Gasteiger partial charge in [-0.15, -0.1) is 11.3 Å². The van der Waals surface area contributed by atoms with Crippen LogP contribution in [0.25, 0.3) is 10.6 Å². The molecule has 0 aliphatic heterocycles. The zero-order chi connectivity index (χ0) is 17.5. The Bertz CT molecular complexity index is 1010. The fourth-order valence-electron chi connectivity index (χ4n) is 2.00. The third-order valence-electron chi connectivity index (χ3n) is 3.40. The first-order valence-electron chi connectivity index (χ1n) is 6.79. The fraction of sp³-hybridized carbons (Fsp3) is 0.133. The summed E-state index contributed by atoms with van der Waals surface area (Å²) in [7, 11) is -3.81. The molecular formula is C15H12ClFN2O3S2. The van der Waals surface area contributed by atoms with Crippen LogP contribution in [0.1, 0.15) is 11.3 Å². The molecule has 0 radical (unpaired) electrons. The molecule has 3 aromatic rings. The van der Waals surface area contributed by atoms with Gasteiger partial charge in [0.2, 0.25) is 0 Å². The number of thiophene rings is 1. The largest absolute Gasteiger partial charge is 0.355 e. The zero-order valence-electron chi connectivity index (χ0n) is 12.6. The van der Waals surface area contributed by atoms with Crippen LogP contribution in [0.2, 0.25) is 5.02 Å². The number of hydrogen-bond donors (Lipinski definition) is 1. The molecule has 5 nitrogen and oxygen atoms in total. The van der Waals surface area contributed by atoms with E-state index in [0.717, 1.165) is 28.7 Å². The molecule has 0 saturated carbocycles. The van der Waals surface area contributed by atoms with Crippen LogP contribution >= 0.6 is 22.9 Å². The highest BCUT2D eigenvalue weighted by Gasteiger charge is 2.20. The third kappa shape index (κ3) is 3.17. The van der Waals surface area contributed by atoms with Gasteiger partial charge in [0.25, 0.3) is 10.0 Å². The van der Waals surface area contributed by atoms with Crippen molar-refractivity contribution in [2.45, 2.75) is 18.1 Å². The first-order chi connectivity index (χ1) is 11.3. The molecule has 3 rings (SSSR count). The molecule has 0 fully saturated rings. The molecule has 2 heterocycles. The molecule has 0 saturated heterocycles. The zero-order valence-corrected chi connectivity index (χ0v) is 15.0. The predicted molar refractivity (Wildman–Crippen MR) is 91.5 cm³/mol. The van der Waals surface area contributed by atoms with Gasteiger partial charge in [-0.1, -0.05) is 16.8 Å². The Balaban J connectivity index is 1.90. The number of nitrogens with one attached hydrogen (secondary N) is 1. The monoisotopic (exact) mass is 386 g/mol. The van der Waals surface area contributed by atoms with Crippen molar-refractivity contribution in [3.8, 4) is 10.6 Å². The summed E-state index contributed by atoms with van der Waals surface area (Å²) in [6.07, 6.45) is 0. The quantitative estimate of drug-likeness (QED) is 0.710. The molecule has 1 aromatic carbocycles. The highest BCUT2D eigenvalue weighted by atomic mass is 35.5. The molecule has 0 atom stereocenters. The number of hydrogen-bond acceptors (Lipinski definition) is 5. The Morgan fingerprint density at radius 1 is 1.25 bits per heavy atom. The molecule has 0 spiro atoms. The second-order valence-electron chi connectivity index (χ2n) is 5.08. The van der Waals surface area contributed by atoms with Crippen LogP contribution in [0.15, 0.2) is 39.1 Å².